The van der Waals surface area contributed by atoms with Crippen molar-refractivity contribution in [1.82, 2.24) is 20.2 Å². The SMILES string of the molecule is N#Cc1c(N)sc2cccc(-c3c(Cl)c4c5c(nc(OCC67CCCN6CCC7)nc5c3F)N3C[C@H]5CC[C@H](N5)[C@H]3CO4)c12. The van der Waals surface area contributed by atoms with E-state index in [9.17, 15) is 5.26 Å². The summed E-state index contributed by atoms with van der Waals surface area (Å²) < 4.78 is 30.8. The minimum absolute atomic E-state index is 0.00118. The van der Waals surface area contributed by atoms with Crippen LogP contribution in [0, 0.1) is 17.1 Å². The molecule has 4 aromatic rings. The first-order valence-electron chi connectivity index (χ1n) is 15.4. The van der Waals surface area contributed by atoms with Gasteiger partial charge in [0.25, 0.3) is 0 Å². The second-order valence-electron chi connectivity index (χ2n) is 12.8. The molecule has 0 aliphatic carbocycles. The summed E-state index contributed by atoms with van der Waals surface area (Å²) in [5.74, 6) is 0.376. The molecule has 0 radical (unpaired) electrons. The quantitative estimate of drug-likeness (QED) is 0.303. The Morgan fingerprint density at radius 1 is 1.23 bits per heavy atom. The van der Waals surface area contributed by atoms with E-state index in [1.54, 1.807) is 6.07 Å². The van der Waals surface area contributed by atoms with Crippen LogP contribution in [-0.4, -0.2) is 71.4 Å². The predicted molar refractivity (Wildman–Crippen MR) is 169 cm³/mol. The number of hydrogen-bond donors (Lipinski definition) is 2. The van der Waals surface area contributed by atoms with Gasteiger partial charge in [-0.25, -0.2) is 4.39 Å². The lowest BCUT2D eigenvalue weighted by atomic mass is 9.95. The van der Waals surface area contributed by atoms with Gasteiger partial charge in [-0.1, -0.05) is 23.7 Å². The summed E-state index contributed by atoms with van der Waals surface area (Å²) in [4.78, 5) is 14.5. The third kappa shape index (κ3) is 3.75. The maximum absolute atomic E-state index is 17.1. The molecule has 7 heterocycles. The highest BCUT2D eigenvalue weighted by atomic mass is 35.5. The second-order valence-corrected chi connectivity index (χ2v) is 14.3. The zero-order valence-corrected chi connectivity index (χ0v) is 25.6. The molecule has 0 saturated carbocycles. The molecule has 0 spiro atoms. The van der Waals surface area contributed by atoms with Crippen LogP contribution in [0.4, 0.5) is 15.2 Å². The molecule has 5 aliphatic heterocycles. The number of piperazine rings is 1. The van der Waals surface area contributed by atoms with E-state index in [-0.39, 0.29) is 39.7 Å². The highest BCUT2D eigenvalue weighted by molar-refractivity contribution is 7.23. The first-order valence-corrected chi connectivity index (χ1v) is 16.6. The summed E-state index contributed by atoms with van der Waals surface area (Å²) >= 11 is 8.43. The number of thiophene rings is 1. The van der Waals surface area contributed by atoms with Crippen LogP contribution in [0.3, 0.4) is 0 Å². The van der Waals surface area contributed by atoms with Crippen molar-refractivity contribution in [2.45, 2.75) is 62.2 Å². The Morgan fingerprint density at radius 2 is 2.07 bits per heavy atom. The number of nitrogens with zero attached hydrogens (tertiary/aromatic N) is 5. The van der Waals surface area contributed by atoms with Crippen molar-refractivity contribution < 1.29 is 13.9 Å². The zero-order valence-electron chi connectivity index (χ0n) is 24.0. The van der Waals surface area contributed by atoms with Crippen molar-refractivity contribution in [3.05, 3.63) is 34.6 Å². The summed E-state index contributed by atoms with van der Waals surface area (Å²) in [6.07, 6.45) is 6.57. The maximum Gasteiger partial charge on any atom is 0.319 e. The van der Waals surface area contributed by atoms with Gasteiger partial charge in [0.15, 0.2) is 11.6 Å². The number of rotatable bonds is 4. The smallest absolute Gasteiger partial charge is 0.319 e. The Kier molecular flexibility index (Phi) is 5.99. The van der Waals surface area contributed by atoms with Gasteiger partial charge in [-0.2, -0.15) is 15.2 Å². The maximum atomic E-state index is 17.1. The number of hydrogen-bond acceptors (Lipinski definition) is 10. The number of nitrogens with two attached hydrogens (primary N) is 1. The number of aromatic nitrogens is 2. The van der Waals surface area contributed by atoms with Crippen LogP contribution in [0.2, 0.25) is 5.02 Å². The minimum atomic E-state index is -0.593. The topological polar surface area (TPSA) is 113 Å². The Balaban J connectivity index is 1.26. The van der Waals surface area contributed by atoms with Crippen molar-refractivity contribution >= 4 is 54.7 Å². The van der Waals surface area contributed by atoms with E-state index in [4.69, 9.17) is 36.8 Å². The van der Waals surface area contributed by atoms with E-state index < -0.39 is 5.82 Å². The fourth-order valence-electron chi connectivity index (χ4n) is 8.53. The fourth-order valence-corrected chi connectivity index (χ4v) is 9.81. The van der Waals surface area contributed by atoms with Gasteiger partial charge in [0, 0.05) is 34.3 Å². The molecule has 226 valence electrons. The molecular formula is C32H31ClFN7O2S. The number of nitrogens with one attached hydrogen (secondary N) is 1. The lowest BCUT2D eigenvalue weighted by Gasteiger charge is -2.40. The molecule has 3 N–H and O–H groups in total. The van der Waals surface area contributed by atoms with E-state index in [1.165, 1.54) is 11.3 Å². The lowest BCUT2D eigenvalue weighted by molar-refractivity contribution is 0.108. The van der Waals surface area contributed by atoms with Crippen molar-refractivity contribution in [3.63, 3.8) is 0 Å². The lowest BCUT2D eigenvalue weighted by Crippen LogP contribution is -2.60. The van der Waals surface area contributed by atoms with E-state index in [0.29, 0.717) is 57.7 Å². The first-order chi connectivity index (χ1) is 21.5. The van der Waals surface area contributed by atoms with Crippen molar-refractivity contribution in [2.24, 2.45) is 0 Å². The van der Waals surface area contributed by atoms with Crippen LogP contribution in [-0.2, 0) is 0 Å². The summed E-state index contributed by atoms with van der Waals surface area (Å²) in [6.45, 7) is 3.73. The predicted octanol–water partition coefficient (Wildman–Crippen LogP) is 5.47. The summed E-state index contributed by atoms with van der Waals surface area (Å²) in [5.41, 5.74) is 7.24. The largest absolute Gasteiger partial charge is 0.489 e. The normalized spacial score (nSPS) is 25.1. The summed E-state index contributed by atoms with van der Waals surface area (Å²) in [6, 6.07) is 8.39. The number of nitriles is 1. The van der Waals surface area contributed by atoms with Crippen molar-refractivity contribution in [1.29, 1.82) is 5.26 Å². The Bertz CT molecular complexity index is 1900. The van der Waals surface area contributed by atoms with Crippen LogP contribution in [0.15, 0.2) is 18.2 Å². The standard InChI is InChI=1S/C32H31ClFN7O2S/c33-25-23(17-4-1-5-21-22(17)18(12-35)29(36)44-21)26(34)27-24-28(25)42-14-20-19-7-6-16(37-19)13-41(20)30(24)39-31(38-27)43-15-32-8-2-10-40(32)11-3-9-32/h1,4-5,16,19-20,37H,2-3,6-11,13-15,36H2/t16-,19+,20-/m1/s1. The highest BCUT2D eigenvalue weighted by Gasteiger charge is 2.46. The molecule has 5 aliphatic rings. The molecule has 12 heteroatoms. The van der Waals surface area contributed by atoms with Crippen molar-refractivity contribution in [2.75, 3.05) is 43.5 Å². The van der Waals surface area contributed by atoms with E-state index in [2.05, 4.69) is 21.2 Å². The molecular weight excluding hydrogens is 601 g/mol. The van der Waals surface area contributed by atoms with E-state index in [0.717, 1.165) is 62.9 Å². The Morgan fingerprint density at radius 3 is 2.89 bits per heavy atom. The second kappa shape index (κ2) is 9.78. The third-order valence-corrected chi connectivity index (χ3v) is 11.9. The van der Waals surface area contributed by atoms with Gasteiger partial charge in [-0.3, -0.25) is 4.90 Å². The van der Waals surface area contributed by atoms with Gasteiger partial charge < -0.3 is 25.4 Å². The molecule has 0 amide bonds. The zero-order chi connectivity index (χ0) is 29.7. The third-order valence-electron chi connectivity index (χ3n) is 10.6. The molecule has 2 bridgehead atoms. The number of anilines is 2. The van der Waals surface area contributed by atoms with Crippen LogP contribution in [0.25, 0.3) is 32.1 Å². The van der Waals surface area contributed by atoms with Crippen molar-refractivity contribution in [3.8, 4) is 29.0 Å². The molecule has 4 saturated heterocycles. The monoisotopic (exact) mass is 631 g/mol. The van der Waals surface area contributed by atoms with E-state index >= 15 is 4.39 Å². The Labute approximate surface area is 262 Å². The fraction of sp³-hybridized carbons (Fsp3) is 0.469. The van der Waals surface area contributed by atoms with Crippen LogP contribution < -0.4 is 25.4 Å². The summed E-state index contributed by atoms with van der Waals surface area (Å²) in [5, 5.41) is 15.2. The number of halogens is 2. The Hall–Kier alpha value is -3.43. The number of benzene rings is 2. The molecule has 44 heavy (non-hydrogen) atoms. The van der Waals surface area contributed by atoms with Gasteiger partial charge in [-0.15, -0.1) is 11.3 Å². The van der Waals surface area contributed by atoms with Gasteiger partial charge in [0.05, 0.1) is 27.6 Å². The van der Waals surface area contributed by atoms with Crippen LogP contribution >= 0.6 is 22.9 Å². The average Bonchev–Trinajstić information content (AvgIpc) is 3.76. The molecule has 3 atom stereocenters. The van der Waals surface area contributed by atoms with E-state index in [1.807, 2.05) is 12.1 Å². The van der Waals surface area contributed by atoms with Gasteiger partial charge in [0.1, 0.15) is 35.6 Å². The molecule has 9 rings (SSSR count). The molecule has 2 aromatic carbocycles. The highest BCUT2D eigenvalue weighted by Crippen LogP contribution is 2.51. The van der Waals surface area contributed by atoms with Crippen LogP contribution in [0.1, 0.15) is 44.1 Å². The number of fused-ring (bicyclic) bond motifs is 7. The van der Waals surface area contributed by atoms with Gasteiger partial charge in [-0.05, 0) is 63.2 Å². The first kappa shape index (κ1) is 26.9. The number of ether oxygens (including phenoxy) is 2. The molecule has 2 aromatic heterocycles. The van der Waals surface area contributed by atoms with Gasteiger partial charge in [0.2, 0.25) is 0 Å². The minimum Gasteiger partial charge on any atom is -0.489 e. The summed E-state index contributed by atoms with van der Waals surface area (Å²) in [7, 11) is 0. The molecule has 0 unspecified atom stereocenters. The molecule has 4 fully saturated rings. The molecule has 9 nitrogen and oxygen atoms in total. The van der Waals surface area contributed by atoms with Crippen LogP contribution in [0.5, 0.6) is 11.8 Å². The number of nitrogen functional groups attached to an aromatic ring is 1. The van der Waals surface area contributed by atoms with Gasteiger partial charge >= 0.3 is 6.01 Å². The average molecular weight is 632 g/mol.